The molecule has 0 spiro atoms. The molecule has 35 heavy (non-hydrogen) atoms. The molecule has 0 aliphatic heterocycles. The van der Waals surface area contributed by atoms with Crippen molar-refractivity contribution in [2.75, 3.05) is 12.4 Å². The lowest BCUT2D eigenvalue weighted by Crippen LogP contribution is -2.45. The molecule has 0 bridgehead atoms. The molecule has 1 atom stereocenters. The number of nitrogens with one attached hydrogen (secondary N) is 2. The van der Waals surface area contributed by atoms with Crippen molar-refractivity contribution in [1.82, 2.24) is 4.72 Å². The van der Waals surface area contributed by atoms with Gasteiger partial charge in [-0.3, -0.25) is 9.59 Å². The molecule has 1 amide bonds. The van der Waals surface area contributed by atoms with Gasteiger partial charge in [0, 0.05) is 11.3 Å². The lowest BCUT2D eigenvalue weighted by molar-refractivity contribution is -0.148. The number of ether oxygens (including phenoxy) is 2. The van der Waals surface area contributed by atoms with Crippen LogP contribution < -0.4 is 14.8 Å². The summed E-state index contributed by atoms with van der Waals surface area (Å²) in [5.74, 6) is -0.776. The first-order valence-electron chi connectivity index (χ1n) is 11.0. The first-order valence-corrected chi connectivity index (χ1v) is 12.5. The van der Waals surface area contributed by atoms with Crippen LogP contribution in [0, 0.1) is 5.92 Å². The average molecular weight is 497 g/mol. The minimum absolute atomic E-state index is 0.0149. The monoisotopic (exact) mass is 496 g/mol. The predicted octanol–water partition coefficient (Wildman–Crippen LogP) is 3.99. The van der Waals surface area contributed by atoms with Crippen LogP contribution in [-0.2, 0) is 26.2 Å². The van der Waals surface area contributed by atoms with Crippen molar-refractivity contribution in [3.05, 3.63) is 90.0 Å². The maximum absolute atomic E-state index is 12.8. The molecule has 3 rings (SSSR count). The van der Waals surface area contributed by atoms with Gasteiger partial charge >= 0.3 is 5.97 Å². The van der Waals surface area contributed by atoms with Crippen LogP contribution in [0.4, 0.5) is 5.69 Å². The van der Waals surface area contributed by atoms with Gasteiger partial charge in [-0.1, -0.05) is 44.2 Å². The zero-order valence-corrected chi connectivity index (χ0v) is 20.5. The Bertz CT molecular complexity index is 1240. The Morgan fingerprint density at radius 1 is 0.886 bits per heavy atom. The third-order valence-electron chi connectivity index (χ3n) is 5.20. The van der Waals surface area contributed by atoms with Gasteiger partial charge in [0.25, 0.3) is 5.91 Å². The molecule has 0 fully saturated rings. The van der Waals surface area contributed by atoms with E-state index < -0.39 is 22.0 Å². The van der Waals surface area contributed by atoms with Crippen LogP contribution in [0.1, 0.15) is 29.8 Å². The Labute approximate surface area is 205 Å². The molecule has 0 saturated heterocycles. The van der Waals surface area contributed by atoms with E-state index in [9.17, 15) is 18.0 Å². The van der Waals surface area contributed by atoms with E-state index in [0.717, 1.165) is 0 Å². The zero-order chi connectivity index (χ0) is 25.4. The van der Waals surface area contributed by atoms with Gasteiger partial charge in [-0.25, -0.2) is 8.42 Å². The fraction of sp³-hybridized carbons (Fsp3) is 0.231. The van der Waals surface area contributed by atoms with Crippen molar-refractivity contribution in [3.8, 4) is 5.75 Å². The fourth-order valence-corrected chi connectivity index (χ4v) is 4.50. The van der Waals surface area contributed by atoms with Crippen molar-refractivity contribution >= 4 is 27.6 Å². The normalized spacial score (nSPS) is 12.1. The fourth-order valence-electron chi connectivity index (χ4n) is 3.17. The Balaban J connectivity index is 1.60. The molecular weight excluding hydrogens is 468 g/mol. The van der Waals surface area contributed by atoms with Crippen LogP contribution >= 0.6 is 0 Å². The summed E-state index contributed by atoms with van der Waals surface area (Å²) in [4.78, 5) is 25.1. The average Bonchev–Trinajstić information content (AvgIpc) is 2.86. The smallest absolute Gasteiger partial charge is 0.324 e. The number of rotatable bonds is 10. The zero-order valence-electron chi connectivity index (χ0n) is 19.7. The second-order valence-corrected chi connectivity index (χ2v) is 9.86. The van der Waals surface area contributed by atoms with E-state index >= 15 is 0 Å². The summed E-state index contributed by atoms with van der Waals surface area (Å²) in [6.45, 7) is 3.39. The third kappa shape index (κ3) is 7.14. The number of esters is 1. The van der Waals surface area contributed by atoms with Gasteiger partial charge in [0.2, 0.25) is 10.0 Å². The highest BCUT2D eigenvalue weighted by molar-refractivity contribution is 7.89. The number of hydrogen-bond acceptors (Lipinski definition) is 6. The quantitative estimate of drug-likeness (QED) is 0.411. The second-order valence-electron chi connectivity index (χ2n) is 8.14. The lowest BCUT2D eigenvalue weighted by atomic mass is 10.1. The first-order chi connectivity index (χ1) is 16.7. The van der Waals surface area contributed by atoms with Gasteiger partial charge in [0.1, 0.15) is 18.4 Å². The summed E-state index contributed by atoms with van der Waals surface area (Å²) in [5, 5.41) is 2.80. The number of anilines is 1. The maximum Gasteiger partial charge on any atom is 0.324 e. The molecule has 0 aliphatic rings. The SMILES string of the molecule is COc1ccc(S(=O)(=O)N[C@H](C(=O)OCc2ccc(C(=O)Nc3ccccc3)cc2)C(C)C)cc1. The molecule has 8 nitrogen and oxygen atoms in total. The highest BCUT2D eigenvalue weighted by atomic mass is 32.2. The summed E-state index contributed by atoms with van der Waals surface area (Å²) in [7, 11) is -2.46. The van der Waals surface area contributed by atoms with Gasteiger partial charge in [0.15, 0.2) is 0 Å². The van der Waals surface area contributed by atoms with Crippen molar-refractivity contribution in [2.45, 2.75) is 31.4 Å². The molecule has 0 radical (unpaired) electrons. The molecule has 0 unspecified atom stereocenters. The van der Waals surface area contributed by atoms with Gasteiger partial charge in [-0.15, -0.1) is 0 Å². The minimum Gasteiger partial charge on any atom is -0.497 e. The van der Waals surface area contributed by atoms with E-state index in [1.54, 1.807) is 50.2 Å². The molecule has 184 valence electrons. The first kappa shape index (κ1) is 25.9. The maximum atomic E-state index is 12.8. The Morgan fingerprint density at radius 3 is 2.09 bits per heavy atom. The number of carbonyl (C=O) groups is 2. The molecule has 3 aromatic carbocycles. The molecule has 0 saturated carbocycles. The summed E-state index contributed by atoms with van der Waals surface area (Å²) in [6.07, 6.45) is 0. The molecular formula is C26H28N2O6S. The van der Waals surface area contributed by atoms with E-state index in [0.29, 0.717) is 22.6 Å². The van der Waals surface area contributed by atoms with Crippen LogP contribution in [-0.4, -0.2) is 33.4 Å². The number of sulfonamides is 1. The molecule has 9 heteroatoms. The number of carbonyl (C=O) groups excluding carboxylic acids is 2. The number of amides is 1. The second kappa shape index (κ2) is 11.6. The molecule has 0 heterocycles. The van der Waals surface area contributed by atoms with E-state index in [-0.39, 0.29) is 23.3 Å². The largest absolute Gasteiger partial charge is 0.497 e. The van der Waals surface area contributed by atoms with E-state index in [4.69, 9.17) is 9.47 Å². The van der Waals surface area contributed by atoms with E-state index in [1.165, 1.54) is 31.4 Å². The van der Waals surface area contributed by atoms with Crippen LogP contribution in [0.3, 0.4) is 0 Å². The third-order valence-corrected chi connectivity index (χ3v) is 6.66. The van der Waals surface area contributed by atoms with Gasteiger partial charge in [-0.2, -0.15) is 4.72 Å². The van der Waals surface area contributed by atoms with E-state index in [2.05, 4.69) is 10.0 Å². The van der Waals surface area contributed by atoms with Crippen molar-refractivity contribution < 1.29 is 27.5 Å². The summed E-state index contributed by atoms with van der Waals surface area (Å²) >= 11 is 0. The summed E-state index contributed by atoms with van der Waals surface area (Å²) in [6, 6.07) is 20.5. The predicted molar refractivity (Wildman–Crippen MR) is 133 cm³/mol. The van der Waals surface area contributed by atoms with E-state index in [1.807, 2.05) is 18.2 Å². The number of hydrogen-bond donors (Lipinski definition) is 2. The number of methoxy groups -OCH3 is 1. The standard InChI is InChI=1S/C26H28N2O6S/c1-18(2)24(28-35(31,32)23-15-13-22(33-3)14-16-23)26(30)34-17-19-9-11-20(12-10-19)25(29)27-21-7-5-4-6-8-21/h4-16,18,24,28H,17H2,1-3H3,(H,27,29)/t24-/m0/s1. The highest BCUT2D eigenvalue weighted by Gasteiger charge is 2.29. The van der Waals surface area contributed by atoms with Crippen LogP contribution in [0.2, 0.25) is 0 Å². The van der Waals surface area contributed by atoms with Crippen molar-refractivity contribution in [1.29, 1.82) is 0 Å². The molecule has 0 aromatic heterocycles. The summed E-state index contributed by atoms with van der Waals surface area (Å²) in [5.41, 5.74) is 1.80. The molecule has 3 aromatic rings. The highest BCUT2D eigenvalue weighted by Crippen LogP contribution is 2.18. The molecule has 0 aliphatic carbocycles. The van der Waals surface area contributed by atoms with Crippen LogP contribution in [0.5, 0.6) is 5.75 Å². The topological polar surface area (TPSA) is 111 Å². The molecule has 2 N–H and O–H groups in total. The lowest BCUT2D eigenvalue weighted by Gasteiger charge is -2.21. The Hall–Kier alpha value is -3.69. The van der Waals surface area contributed by atoms with Gasteiger partial charge < -0.3 is 14.8 Å². The van der Waals surface area contributed by atoms with Crippen molar-refractivity contribution in [3.63, 3.8) is 0 Å². The number of para-hydroxylation sites is 1. The minimum atomic E-state index is -3.95. The number of benzene rings is 3. The van der Waals surface area contributed by atoms with Gasteiger partial charge in [-0.05, 0) is 60.0 Å². The van der Waals surface area contributed by atoms with Crippen LogP contribution in [0.15, 0.2) is 83.8 Å². The summed E-state index contributed by atoms with van der Waals surface area (Å²) < 4.78 is 38.4. The van der Waals surface area contributed by atoms with Crippen molar-refractivity contribution in [2.24, 2.45) is 5.92 Å². The van der Waals surface area contributed by atoms with Gasteiger partial charge in [0.05, 0.1) is 12.0 Å². The van der Waals surface area contributed by atoms with Crippen LogP contribution in [0.25, 0.3) is 0 Å². The Kier molecular flexibility index (Phi) is 8.62. The Morgan fingerprint density at radius 2 is 1.51 bits per heavy atom.